The second kappa shape index (κ2) is 6.97. The first-order valence-electron chi connectivity index (χ1n) is 10.5. The minimum atomic E-state index is -0.351. The largest absolute Gasteiger partial charge is 0.332 e. The number of fused-ring (bicyclic) bond motifs is 3. The molecule has 0 fully saturated rings. The summed E-state index contributed by atoms with van der Waals surface area (Å²) >= 11 is 0. The molecule has 0 saturated carbocycles. The van der Waals surface area contributed by atoms with Crippen LogP contribution in [0.4, 0.5) is 11.6 Å². The normalized spacial score (nSPS) is 13.2. The van der Waals surface area contributed by atoms with Crippen LogP contribution in [0.1, 0.15) is 22.3 Å². The van der Waals surface area contributed by atoms with Crippen LogP contribution in [0.15, 0.2) is 52.1 Å². The summed E-state index contributed by atoms with van der Waals surface area (Å²) in [5, 5.41) is 0. The molecule has 0 amide bonds. The van der Waals surface area contributed by atoms with Gasteiger partial charge in [-0.15, -0.1) is 0 Å². The first-order valence-corrected chi connectivity index (χ1v) is 10.5. The Labute approximate surface area is 179 Å². The molecule has 4 aromatic rings. The van der Waals surface area contributed by atoms with Crippen molar-refractivity contribution in [3.63, 3.8) is 0 Å². The molecule has 0 atom stereocenters. The summed E-state index contributed by atoms with van der Waals surface area (Å²) in [4.78, 5) is 33.4. The molecule has 2 aromatic carbocycles. The first-order chi connectivity index (χ1) is 14.8. The highest BCUT2D eigenvalue weighted by Gasteiger charge is 2.29. The van der Waals surface area contributed by atoms with Gasteiger partial charge in [-0.3, -0.25) is 13.9 Å². The van der Waals surface area contributed by atoms with E-state index in [1.165, 1.54) is 20.3 Å². The van der Waals surface area contributed by atoms with Gasteiger partial charge >= 0.3 is 5.69 Å². The number of hydrogen-bond acceptors (Lipinski definition) is 4. The van der Waals surface area contributed by atoms with E-state index in [1.807, 2.05) is 35.8 Å². The maximum Gasteiger partial charge on any atom is 0.332 e. The van der Waals surface area contributed by atoms with Crippen LogP contribution in [0.3, 0.4) is 0 Å². The van der Waals surface area contributed by atoms with E-state index < -0.39 is 0 Å². The van der Waals surface area contributed by atoms with Gasteiger partial charge in [-0.05, 0) is 55.2 Å². The number of hydrogen-bond donors (Lipinski definition) is 0. The second-order valence-corrected chi connectivity index (χ2v) is 8.39. The van der Waals surface area contributed by atoms with E-state index in [9.17, 15) is 9.59 Å². The molecule has 0 N–H and O–H groups in total. The van der Waals surface area contributed by atoms with Gasteiger partial charge in [0.25, 0.3) is 5.56 Å². The number of anilines is 2. The maximum absolute atomic E-state index is 13.5. The van der Waals surface area contributed by atoms with Gasteiger partial charge in [0.1, 0.15) is 0 Å². The summed E-state index contributed by atoms with van der Waals surface area (Å²) in [6.07, 6.45) is 0. The minimum Gasteiger partial charge on any atom is -0.310 e. The molecule has 31 heavy (non-hydrogen) atoms. The van der Waals surface area contributed by atoms with Crippen molar-refractivity contribution in [1.82, 2.24) is 18.7 Å². The highest BCUT2D eigenvalue weighted by Crippen LogP contribution is 2.32. The summed E-state index contributed by atoms with van der Waals surface area (Å²) < 4.78 is 4.75. The summed E-state index contributed by atoms with van der Waals surface area (Å²) in [5.41, 5.74) is 5.69. The van der Waals surface area contributed by atoms with E-state index in [0.717, 1.165) is 23.4 Å². The van der Waals surface area contributed by atoms with Crippen LogP contribution in [-0.2, 0) is 20.1 Å². The van der Waals surface area contributed by atoms with Crippen LogP contribution >= 0.6 is 0 Å². The van der Waals surface area contributed by atoms with E-state index in [2.05, 4.69) is 36.9 Å². The molecule has 0 aliphatic carbocycles. The average molecular weight is 415 g/mol. The average Bonchev–Trinajstić information content (AvgIpc) is 3.29. The van der Waals surface area contributed by atoms with Crippen LogP contribution < -0.4 is 16.1 Å². The Balaban J connectivity index is 1.69. The van der Waals surface area contributed by atoms with Crippen molar-refractivity contribution in [2.45, 2.75) is 33.9 Å². The highest BCUT2D eigenvalue weighted by molar-refractivity contribution is 5.78. The predicted molar refractivity (Wildman–Crippen MR) is 122 cm³/mol. The molecule has 7 nitrogen and oxygen atoms in total. The van der Waals surface area contributed by atoms with E-state index in [-0.39, 0.29) is 17.8 Å². The number of imidazole rings is 1. The third-order valence-corrected chi connectivity index (χ3v) is 6.11. The van der Waals surface area contributed by atoms with Crippen molar-refractivity contribution in [2.24, 2.45) is 7.05 Å². The van der Waals surface area contributed by atoms with Crippen LogP contribution in [0.25, 0.3) is 11.2 Å². The van der Waals surface area contributed by atoms with Gasteiger partial charge in [0.05, 0.1) is 6.54 Å². The van der Waals surface area contributed by atoms with Gasteiger partial charge in [0.2, 0.25) is 5.95 Å². The lowest BCUT2D eigenvalue weighted by Gasteiger charge is -2.17. The lowest BCUT2D eigenvalue weighted by Crippen LogP contribution is -2.40. The number of nitrogens with zero attached hydrogens (tertiary/aromatic N) is 5. The fourth-order valence-corrected chi connectivity index (χ4v) is 4.53. The van der Waals surface area contributed by atoms with Crippen LogP contribution in [0, 0.1) is 20.8 Å². The molecule has 1 aliphatic rings. The van der Waals surface area contributed by atoms with Gasteiger partial charge in [-0.25, -0.2) is 4.79 Å². The molecule has 2 aromatic heterocycles. The molecule has 7 heteroatoms. The fraction of sp³-hybridized carbons (Fsp3) is 0.292. The Bertz CT molecular complexity index is 1440. The molecule has 0 spiro atoms. The number of benzene rings is 2. The van der Waals surface area contributed by atoms with Crippen molar-refractivity contribution in [1.29, 1.82) is 0 Å². The van der Waals surface area contributed by atoms with Gasteiger partial charge in [-0.2, -0.15) is 4.98 Å². The molecular weight excluding hydrogens is 390 g/mol. The van der Waals surface area contributed by atoms with E-state index in [1.54, 1.807) is 7.05 Å². The second-order valence-electron chi connectivity index (χ2n) is 8.39. The Morgan fingerprint density at radius 1 is 0.968 bits per heavy atom. The Morgan fingerprint density at radius 3 is 2.39 bits per heavy atom. The highest BCUT2D eigenvalue weighted by atomic mass is 16.2. The summed E-state index contributed by atoms with van der Waals surface area (Å²) in [5.74, 6) is 0.709. The summed E-state index contributed by atoms with van der Waals surface area (Å²) in [7, 11) is 1.68. The van der Waals surface area contributed by atoms with Crippen molar-refractivity contribution in [2.75, 3.05) is 11.4 Å². The van der Waals surface area contributed by atoms with Crippen LogP contribution in [0.2, 0.25) is 0 Å². The van der Waals surface area contributed by atoms with E-state index in [0.29, 0.717) is 23.7 Å². The van der Waals surface area contributed by atoms with Gasteiger partial charge < -0.3 is 9.47 Å². The Kier molecular flexibility index (Phi) is 4.36. The number of aromatic nitrogens is 4. The van der Waals surface area contributed by atoms with Crippen molar-refractivity contribution in [3.05, 3.63) is 85.6 Å². The smallest absolute Gasteiger partial charge is 0.310 e. The SMILES string of the molecule is Cc1cc(C)cc(N2CCn3c2nc2c3c(=O)n(Cc3ccccc3C)c(=O)n2C)c1. The zero-order valence-corrected chi connectivity index (χ0v) is 18.2. The topological polar surface area (TPSA) is 65.1 Å². The molecular formula is C24H25N5O2. The Hall–Kier alpha value is -3.61. The maximum atomic E-state index is 13.5. The third kappa shape index (κ3) is 3.00. The number of rotatable bonds is 3. The lowest BCUT2D eigenvalue weighted by atomic mass is 10.1. The van der Waals surface area contributed by atoms with Gasteiger partial charge in [-0.1, -0.05) is 30.3 Å². The summed E-state index contributed by atoms with van der Waals surface area (Å²) in [6, 6.07) is 14.2. The molecule has 158 valence electrons. The first kappa shape index (κ1) is 19.4. The zero-order chi connectivity index (χ0) is 21.9. The fourth-order valence-electron chi connectivity index (χ4n) is 4.53. The summed E-state index contributed by atoms with van der Waals surface area (Å²) in [6.45, 7) is 7.77. The van der Waals surface area contributed by atoms with Crippen LogP contribution in [0.5, 0.6) is 0 Å². The minimum absolute atomic E-state index is 0.245. The van der Waals surface area contributed by atoms with Gasteiger partial charge in [0, 0.05) is 25.8 Å². The standard InChI is InChI=1S/C24H25N5O2/c1-15-11-16(2)13-19(12-15)27-9-10-28-20-21(25-23(27)28)26(4)24(31)29(22(20)30)14-18-8-6-5-7-17(18)3/h5-8,11-13H,9-10,14H2,1-4H3. The lowest BCUT2D eigenvalue weighted by molar-refractivity contribution is 0.650. The molecule has 0 bridgehead atoms. The molecule has 0 radical (unpaired) electrons. The van der Waals surface area contributed by atoms with Crippen molar-refractivity contribution in [3.8, 4) is 0 Å². The monoisotopic (exact) mass is 415 g/mol. The quantitative estimate of drug-likeness (QED) is 0.516. The van der Waals surface area contributed by atoms with E-state index >= 15 is 0 Å². The molecule has 0 saturated heterocycles. The van der Waals surface area contributed by atoms with Gasteiger partial charge in [0.15, 0.2) is 11.2 Å². The van der Waals surface area contributed by atoms with Crippen molar-refractivity contribution < 1.29 is 0 Å². The predicted octanol–water partition coefficient (Wildman–Crippen LogP) is 3.02. The van der Waals surface area contributed by atoms with E-state index in [4.69, 9.17) is 4.98 Å². The molecule has 0 unspecified atom stereocenters. The van der Waals surface area contributed by atoms with Crippen LogP contribution in [-0.4, -0.2) is 25.2 Å². The molecule has 3 heterocycles. The molecule has 5 rings (SSSR count). The Morgan fingerprint density at radius 2 is 1.68 bits per heavy atom. The number of aryl methyl sites for hydroxylation is 4. The third-order valence-electron chi connectivity index (χ3n) is 6.11. The zero-order valence-electron chi connectivity index (χ0n) is 18.2. The van der Waals surface area contributed by atoms with Crippen molar-refractivity contribution >= 4 is 22.8 Å². The molecule has 1 aliphatic heterocycles.